The summed E-state index contributed by atoms with van der Waals surface area (Å²) in [6.45, 7) is 3.18. The van der Waals surface area contributed by atoms with Gasteiger partial charge in [0.2, 0.25) is 0 Å². The molecule has 3 rings (SSSR count). The molecule has 0 aromatic heterocycles. The molecule has 4 heteroatoms. The van der Waals surface area contributed by atoms with E-state index in [0.29, 0.717) is 13.2 Å². The smallest absolute Gasteiger partial charge is 0.119 e. The Morgan fingerprint density at radius 3 is 1.83 bits per heavy atom. The second-order valence-corrected chi connectivity index (χ2v) is 7.04. The Balaban J connectivity index is 2.12. The zero-order valence-electron chi connectivity index (χ0n) is 16.8. The van der Waals surface area contributed by atoms with Crippen LogP contribution in [0.2, 0.25) is 5.02 Å². The lowest BCUT2D eigenvalue weighted by molar-refractivity contribution is 0.328. The maximum atomic E-state index is 6.14. The first-order valence-corrected chi connectivity index (χ1v) is 10.1. The summed E-state index contributed by atoms with van der Waals surface area (Å²) in [4.78, 5) is 0. The fourth-order valence-corrected chi connectivity index (χ4v) is 3.47. The summed E-state index contributed by atoms with van der Waals surface area (Å²) in [6, 6.07) is 24.3. The van der Waals surface area contributed by atoms with Crippen molar-refractivity contribution in [3.63, 3.8) is 0 Å². The van der Waals surface area contributed by atoms with Crippen molar-refractivity contribution in [3.05, 3.63) is 94.5 Å². The van der Waals surface area contributed by atoms with Crippen LogP contribution in [0.1, 0.15) is 30.0 Å². The molecular weight excluding hydrogens is 382 g/mol. The minimum Gasteiger partial charge on any atom is -0.497 e. The van der Waals surface area contributed by atoms with Crippen LogP contribution in [-0.4, -0.2) is 20.3 Å². The highest BCUT2D eigenvalue weighted by Crippen LogP contribution is 2.36. The first kappa shape index (κ1) is 21.0. The summed E-state index contributed by atoms with van der Waals surface area (Å²) in [5.41, 5.74) is 11.4. The highest BCUT2D eigenvalue weighted by atomic mass is 35.5. The Bertz CT molecular complexity index is 946. The van der Waals surface area contributed by atoms with Crippen molar-refractivity contribution in [1.82, 2.24) is 0 Å². The highest BCUT2D eigenvalue weighted by molar-refractivity contribution is 6.30. The topological polar surface area (TPSA) is 44.5 Å². The second-order valence-electron chi connectivity index (χ2n) is 6.60. The molecule has 0 aliphatic rings. The van der Waals surface area contributed by atoms with E-state index in [1.165, 1.54) is 16.7 Å². The lowest BCUT2D eigenvalue weighted by Crippen LogP contribution is -2.10. The molecule has 0 aliphatic heterocycles. The van der Waals surface area contributed by atoms with E-state index in [9.17, 15) is 0 Å². The average Bonchev–Trinajstić information content (AvgIpc) is 2.77. The van der Waals surface area contributed by atoms with Crippen LogP contribution in [0.3, 0.4) is 0 Å². The van der Waals surface area contributed by atoms with Crippen LogP contribution in [0.5, 0.6) is 11.5 Å². The van der Waals surface area contributed by atoms with Crippen LogP contribution in [0.25, 0.3) is 11.1 Å². The van der Waals surface area contributed by atoms with Gasteiger partial charge in [-0.25, -0.2) is 0 Å². The zero-order valence-corrected chi connectivity index (χ0v) is 17.6. The Hall–Kier alpha value is -2.75. The number of allylic oxidation sites excluding steroid dienone is 1. The first-order chi connectivity index (χ1) is 14.2. The number of hydrogen-bond acceptors (Lipinski definition) is 3. The van der Waals surface area contributed by atoms with Crippen LogP contribution in [0, 0.1) is 0 Å². The predicted octanol–water partition coefficient (Wildman–Crippen LogP) is 6.06. The van der Waals surface area contributed by atoms with E-state index in [1.807, 2.05) is 36.4 Å². The SMILES string of the molecule is CC/C(=C(/c1ccc(Cl)cc1)c1ccc(OCCN)cc1)c1ccc(OC)cc1. The highest BCUT2D eigenvalue weighted by Gasteiger charge is 2.13. The molecule has 0 spiro atoms. The predicted molar refractivity (Wildman–Crippen MR) is 122 cm³/mol. The summed E-state index contributed by atoms with van der Waals surface area (Å²) >= 11 is 6.14. The van der Waals surface area contributed by atoms with Gasteiger partial charge in [-0.3, -0.25) is 0 Å². The fraction of sp³-hybridized carbons (Fsp3) is 0.200. The van der Waals surface area contributed by atoms with Crippen LogP contribution < -0.4 is 15.2 Å². The van der Waals surface area contributed by atoms with Crippen molar-refractivity contribution in [2.75, 3.05) is 20.3 Å². The number of benzene rings is 3. The van der Waals surface area contributed by atoms with E-state index in [2.05, 4.69) is 43.3 Å². The number of rotatable bonds is 8. The quantitative estimate of drug-likeness (QED) is 0.462. The molecule has 3 aromatic rings. The average molecular weight is 408 g/mol. The summed E-state index contributed by atoms with van der Waals surface area (Å²) in [5, 5.41) is 0.723. The van der Waals surface area contributed by atoms with Gasteiger partial charge in [-0.15, -0.1) is 0 Å². The molecule has 3 nitrogen and oxygen atoms in total. The lowest BCUT2D eigenvalue weighted by Gasteiger charge is -2.17. The molecule has 0 radical (unpaired) electrons. The van der Waals surface area contributed by atoms with E-state index in [1.54, 1.807) is 7.11 Å². The zero-order chi connectivity index (χ0) is 20.6. The third-order valence-electron chi connectivity index (χ3n) is 4.76. The standard InChI is InChI=1S/C25H26ClNO2/c1-3-24(18-6-12-22(28-2)13-7-18)25(19-4-10-21(26)11-5-19)20-8-14-23(15-9-20)29-17-16-27/h4-15H,3,16-17,27H2,1-2H3/b25-24+. The molecule has 0 atom stereocenters. The molecule has 2 N–H and O–H groups in total. The Morgan fingerprint density at radius 1 is 0.793 bits per heavy atom. The monoisotopic (exact) mass is 407 g/mol. The van der Waals surface area contributed by atoms with E-state index in [0.717, 1.165) is 34.1 Å². The van der Waals surface area contributed by atoms with Crippen molar-refractivity contribution < 1.29 is 9.47 Å². The van der Waals surface area contributed by atoms with Crippen LogP contribution in [0.15, 0.2) is 72.8 Å². The summed E-state index contributed by atoms with van der Waals surface area (Å²) in [5.74, 6) is 1.66. The number of hydrogen-bond donors (Lipinski definition) is 1. The van der Waals surface area contributed by atoms with Crippen molar-refractivity contribution in [2.24, 2.45) is 5.73 Å². The molecule has 0 saturated carbocycles. The molecule has 0 aliphatic carbocycles. The molecule has 0 saturated heterocycles. The van der Waals surface area contributed by atoms with Gasteiger partial charge in [0, 0.05) is 11.6 Å². The molecule has 3 aromatic carbocycles. The summed E-state index contributed by atoms with van der Waals surface area (Å²) < 4.78 is 11.0. The van der Waals surface area contributed by atoms with Gasteiger partial charge in [0.05, 0.1) is 7.11 Å². The van der Waals surface area contributed by atoms with E-state index in [-0.39, 0.29) is 0 Å². The molecule has 150 valence electrons. The number of halogens is 1. The van der Waals surface area contributed by atoms with E-state index >= 15 is 0 Å². The molecule has 0 fully saturated rings. The van der Waals surface area contributed by atoms with Crippen molar-refractivity contribution >= 4 is 22.7 Å². The molecule has 0 unspecified atom stereocenters. The molecule has 0 heterocycles. The van der Waals surface area contributed by atoms with Gasteiger partial charge in [-0.2, -0.15) is 0 Å². The van der Waals surface area contributed by atoms with Crippen LogP contribution >= 0.6 is 11.6 Å². The minimum absolute atomic E-state index is 0.495. The molecule has 0 amide bonds. The normalized spacial score (nSPS) is 11.7. The number of methoxy groups -OCH3 is 1. The van der Waals surface area contributed by atoms with Gasteiger partial charge < -0.3 is 15.2 Å². The summed E-state index contributed by atoms with van der Waals surface area (Å²) in [6.07, 6.45) is 0.885. The Kier molecular flexibility index (Phi) is 7.34. The molecular formula is C25H26ClNO2. The number of ether oxygens (including phenoxy) is 2. The van der Waals surface area contributed by atoms with Crippen molar-refractivity contribution in [3.8, 4) is 11.5 Å². The fourth-order valence-electron chi connectivity index (χ4n) is 3.34. The van der Waals surface area contributed by atoms with Gasteiger partial charge in [-0.05, 0) is 70.7 Å². The van der Waals surface area contributed by atoms with Gasteiger partial charge in [0.15, 0.2) is 0 Å². The van der Waals surface area contributed by atoms with Crippen molar-refractivity contribution in [2.45, 2.75) is 13.3 Å². The Morgan fingerprint density at radius 2 is 1.31 bits per heavy atom. The van der Waals surface area contributed by atoms with Crippen LogP contribution in [0.4, 0.5) is 0 Å². The van der Waals surface area contributed by atoms with Crippen LogP contribution in [-0.2, 0) is 0 Å². The molecule has 29 heavy (non-hydrogen) atoms. The summed E-state index contributed by atoms with van der Waals surface area (Å²) in [7, 11) is 1.68. The Labute approximate surface area is 177 Å². The van der Waals surface area contributed by atoms with Gasteiger partial charge >= 0.3 is 0 Å². The maximum absolute atomic E-state index is 6.14. The third-order valence-corrected chi connectivity index (χ3v) is 5.01. The van der Waals surface area contributed by atoms with E-state index < -0.39 is 0 Å². The van der Waals surface area contributed by atoms with Gasteiger partial charge in [0.1, 0.15) is 18.1 Å². The number of nitrogens with two attached hydrogens (primary N) is 1. The second kappa shape index (κ2) is 10.1. The third kappa shape index (κ3) is 5.20. The molecule has 0 bridgehead atoms. The minimum atomic E-state index is 0.495. The van der Waals surface area contributed by atoms with Gasteiger partial charge in [-0.1, -0.05) is 54.9 Å². The van der Waals surface area contributed by atoms with E-state index in [4.69, 9.17) is 26.8 Å². The lowest BCUT2D eigenvalue weighted by atomic mass is 9.88. The van der Waals surface area contributed by atoms with Crippen molar-refractivity contribution in [1.29, 1.82) is 0 Å². The maximum Gasteiger partial charge on any atom is 0.119 e. The van der Waals surface area contributed by atoms with Gasteiger partial charge in [0.25, 0.3) is 0 Å². The largest absolute Gasteiger partial charge is 0.497 e. The first-order valence-electron chi connectivity index (χ1n) is 9.73.